The van der Waals surface area contributed by atoms with Crippen LogP contribution in [0.25, 0.3) is 0 Å². The minimum Gasteiger partial charge on any atom is -0.375 e. The first kappa shape index (κ1) is 9.97. The third kappa shape index (κ3) is 2.71. The van der Waals surface area contributed by atoms with Gasteiger partial charge in [-0.25, -0.2) is 0 Å². The highest BCUT2D eigenvalue weighted by molar-refractivity contribution is 6.30. The summed E-state index contributed by atoms with van der Waals surface area (Å²) in [5, 5.41) is 0.756. The van der Waals surface area contributed by atoms with Crippen LogP contribution in [-0.2, 0) is 11.3 Å². The molecule has 0 aliphatic heterocycles. The predicted molar refractivity (Wildman–Crippen MR) is 57.3 cm³/mol. The van der Waals surface area contributed by atoms with E-state index in [1.165, 1.54) is 0 Å². The van der Waals surface area contributed by atoms with Crippen LogP contribution in [0.4, 0.5) is 0 Å². The van der Waals surface area contributed by atoms with Crippen molar-refractivity contribution in [3.05, 3.63) is 34.9 Å². The summed E-state index contributed by atoms with van der Waals surface area (Å²) < 4.78 is 5.52. The standard InChI is InChI=1S/C11H14ClNO/c12-10-3-1-9(2-4-10)7-14-8-11(13)5-6-11/h1-4H,5-8,13H2. The van der Waals surface area contributed by atoms with Gasteiger partial charge >= 0.3 is 0 Å². The van der Waals surface area contributed by atoms with Gasteiger partial charge in [0.05, 0.1) is 13.2 Å². The molecule has 76 valence electrons. The van der Waals surface area contributed by atoms with E-state index in [2.05, 4.69) is 0 Å². The number of halogens is 1. The lowest BCUT2D eigenvalue weighted by Gasteiger charge is -2.09. The summed E-state index contributed by atoms with van der Waals surface area (Å²) in [5.41, 5.74) is 7.00. The van der Waals surface area contributed by atoms with Crippen LogP contribution in [0.15, 0.2) is 24.3 Å². The van der Waals surface area contributed by atoms with E-state index < -0.39 is 0 Å². The second kappa shape index (κ2) is 3.89. The summed E-state index contributed by atoms with van der Waals surface area (Å²) >= 11 is 5.77. The number of hydrogen-bond acceptors (Lipinski definition) is 2. The van der Waals surface area contributed by atoms with E-state index in [1.54, 1.807) is 0 Å². The summed E-state index contributed by atoms with van der Waals surface area (Å²) in [6.07, 6.45) is 2.18. The normalized spacial score (nSPS) is 18.1. The SMILES string of the molecule is NC1(COCc2ccc(Cl)cc2)CC1. The van der Waals surface area contributed by atoms with Crippen molar-refractivity contribution in [2.75, 3.05) is 6.61 Å². The molecule has 1 aromatic rings. The molecule has 0 heterocycles. The van der Waals surface area contributed by atoms with Gasteiger partial charge in [0.2, 0.25) is 0 Å². The van der Waals surface area contributed by atoms with Crippen LogP contribution < -0.4 is 5.73 Å². The third-order valence-corrected chi connectivity index (χ3v) is 2.72. The average Bonchev–Trinajstić information content (AvgIpc) is 2.88. The van der Waals surface area contributed by atoms with Crippen molar-refractivity contribution < 1.29 is 4.74 Å². The zero-order valence-electron chi connectivity index (χ0n) is 8.00. The van der Waals surface area contributed by atoms with Gasteiger partial charge in [0.15, 0.2) is 0 Å². The molecular weight excluding hydrogens is 198 g/mol. The van der Waals surface area contributed by atoms with Gasteiger partial charge in [0.1, 0.15) is 0 Å². The van der Waals surface area contributed by atoms with Gasteiger partial charge in [0.25, 0.3) is 0 Å². The molecule has 2 rings (SSSR count). The van der Waals surface area contributed by atoms with Crippen molar-refractivity contribution in [1.82, 2.24) is 0 Å². The van der Waals surface area contributed by atoms with Gasteiger partial charge in [-0.1, -0.05) is 23.7 Å². The molecule has 2 N–H and O–H groups in total. The Labute approximate surface area is 89.0 Å². The van der Waals surface area contributed by atoms with E-state index in [9.17, 15) is 0 Å². The molecule has 3 heteroatoms. The highest BCUT2D eigenvalue weighted by Crippen LogP contribution is 2.32. The molecule has 0 bridgehead atoms. The highest BCUT2D eigenvalue weighted by atomic mass is 35.5. The van der Waals surface area contributed by atoms with Gasteiger partial charge in [-0.15, -0.1) is 0 Å². The van der Waals surface area contributed by atoms with Gasteiger partial charge in [-0.05, 0) is 30.5 Å². The molecule has 1 saturated carbocycles. The zero-order chi connectivity index (χ0) is 10.0. The van der Waals surface area contributed by atoms with Crippen LogP contribution in [0.1, 0.15) is 18.4 Å². The second-order valence-electron chi connectivity index (χ2n) is 3.98. The van der Waals surface area contributed by atoms with E-state index in [0.29, 0.717) is 13.2 Å². The smallest absolute Gasteiger partial charge is 0.0717 e. The van der Waals surface area contributed by atoms with Crippen molar-refractivity contribution >= 4 is 11.6 Å². The van der Waals surface area contributed by atoms with Gasteiger partial charge in [-0.3, -0.25) is 0 Å². The van der Waals surface area contributed by atoms with Gasteiger partial charge in [0, 0.05) is 10.6 Å². The summed E-state index contributed by atoms with van der Waals surface area (Å²) in [6.45, 7) is 1.28. The van der Waals surface area contributed by atoms with E-state index in [1.807, 2.05) is 24.3 Å². The van der Waals surface area contributed by atoms with E-state index in [4.69, 9.17) is 22.1 Å². The molecule has 1 aromatic carbocycles. The summed E-state index contributed by atoms with van der Waals surface area (Å²) in [7, 11) is 0. The first-order valence-corrected chi connectivity index (χ1v) is 5.17. The predicted octanol–water partition coefficient (Wildman–Crippen LogP) is 2.35. The Hall–Kier alpha value is -0.570. The minimum atomic E-state index is -0.0214. The van der Waals surface area contributed by atoms with Gasteiger partial charge in [-0.2, -0.15) is 0 Å². The van der Waals surface area contributed by atoms with Gasteiger partial charge < -0.3 is 10.5 Å². The quantitative estimate of drug-likeness (QED) is 0.830. The topological polar surface area (TPSA) is 35.2 Å². The van der Waals surface area contributed by atoms with Crippen LogP contribution in [0.2, 0.25) is 5.02 Å². The monoisotopic (exact) mass is 211 g/mol. The maximum atomic E-state index is 5.89. The molecule has 1 aliphatic carbocycles. The maximum Gasteiger partial charge on any atom is 0.0717 e. The van der Waals surface area contributed by atoms with Crippen LogP contribution in [0.5, 0.6) is 0 Å². The maximum absolute atomic E-state index is 5.89. The van der Waals surface area contributed by atoms with E-state index in [0.717, 1.165) is 23.4 Å². The molecule has 0 aromatic heterocycles. The first-order valence-electron chi connectivity index (χ1n) is 4.79. The average molecular weight is 212 g/mol. The largest absolute Gasteiger partial charge is 0.375 e. The lowest BCUT2D eigenvalue weighted by molar-refractivity contribution is 0.102. The molecule has 14 heavy (non-hydrogen) atoms. The zero-order valence-corrected chi connectivity index (χ0v) is 8.76. The van der Waals surface area contributed by atoms with Crippen molar-refractivity contribution in [2.24, 2.45) is 5.73 Å². The van der Waals surface area contributed by atoms with E-state index in [-0.39, 0.29) is 5.54 Å². The second-order valence-corrected chi connectivity index (χ2v) is 4.42. The highest BCUT2D eigenvalue weighted by Gasteiger charge is 2.38. The number of rotatable bonds is 4. The Balaban J connectivity index is 1.77. The summed E-state index contributed by atoms with van der Waals surface area (Å²) in [5.74, 6) is 0. The van der Waals surface area contributed by atoms with Crippen molar-refractivity contribution in [3.63, 3.8) is 0 Å². The lowest BCUT2D eigenvalue weighted by Crippen LogP contribution is -2.27. The Bertz CT molecular complexity index is 306. The third-order valence-electron chi connectivity index (χ3n) is 2.46. The molecule has 0 atom stereocenters. The van der Waals surface area contributed by atoms with Crippen molar-refractivity contribution in [1.29, 1.82) is 0 Å². The molecule has 2 nitrogen and oxygen atoms in total. The Morgan fingerprint density at radius 3 is 2.50 bits per heavy atom. The summed E-state index contributed by atoms with van der Waals surface area (Å²) in [4.78, 5) is 0. The molecule has 0 unspecified atom stereocenters. The Morgan fingerprint density at radius 2 is 1.93 bits per heavy atom. The van der Waals surface area contributed by atoms with Crippen LogP contribution >= 0.6 is 11.6 Å². The molecule has 0 saturated heterocycles. The first-order chi connectivity index (χ1) is 6.68. The molecule has 1 aliphatic rings. The number of ether oxygens (including phenoxy) is 1. The molecule has 0 spiro atoms. The van der Waals surface area contributed by atoms with Crippen LogP contribution in [0, 0.1) is 0 Å². The van der Waals surface area contributed by atoms with Crippen molar-refractivity contribution in [3.8, 4) is 0 Å². The molecule has 0 radical (unpaired) electrons. The molecule has 1 fully saturated rings. The van der Waals surface area contributed by atoms with E-state index >= 15 is 0 Å². The summed E-state index contributed by atoms with van der Waals surface area (Å²) in [6, 6.07) is 7.68. The fraction of sp³-hybridized carbons (Fsp3) is 0.455. The number of hydrogen-bond donors (Lipinski definition) is 1. The van der Waals surface area contributed by atoms with Crippen LogP contribution in [0.3, 0.4) is 0 Å². The van der Waals surface area contributed by atoms with Crippen molar-refractivity contribution in [2.45, 2.75) is 25.0 Å². The number of nitrogens with two attached hydrogens (primary N) is 1. The number of benzene rings is 1. The lowest BCUT2D eigenvalue weighted by atomic mass is 10.2. The minimum absolute atomic E-state index is 0.0214. The molecule has 0 amide bonds. The van der Waals surface area contributed by atoms with Crippen LogP contribution in [-0.4, -0.2) is 12.1 Å². The fourth-order valence-corrected chi connectivity index (χ4v) is 1.38. The fourth-order valence-electron chi connectivity index (χ4n) is 1.26. The Kier molecular flexibility index (Phi) is 2.77. The Morgan fingerprint density at radius 1 is 1.29 bits per heavy atom. The molecular formula is C11H14ClNO.